The van der Waals surface area contributed by atoms with Crippen LogP contribution in [0.1, 0.15) is 0 Å². The van der Waals surface area contributed by atoms with Gasteiger partial charge in [-0.3, -0.25) is 10.2 Å². The number of amides is 1. The first-order valence-corrected chi connectivity index (χ1v) is 5.15. The Bertz CT molecular complexity index is 477. The van der Waals surface area contributed by atoms with E-state index in [1.165, 1.54) is 0 Å². The normalized spacial score (nSPS) is 9.94. The lowest BCUT2D eigenvalue weighted by atomic mass is 10.3. The molecular weight excluding hydrogens is 218 g/mol. The van der Waals surface area contributed by atoms with Gasteiger partial charge in [0.2, 0.25) is 0 Å². The third kappa shape index (κ3) is 2.85. The van der Waals surface area contributed by atoms with Crippen LogP contribution in [-0.4, -0.2) is 17.1 Å². The Labute approximate surface area is 98.8 Å². The summed E-state index contributed by atoms with van der Waals surface area (Å²) in [7, 11) is 0. The van der Waals surface area contributed by atoms with Crippen molar-refractivity contribution in [3.8, 4) is 11.4 Å². The van der Waals surface area contributed by atoms with Crippen LogP contribution in [0.25, 0.3) is 5.69 Å². The van der Waals surface area contributed by atoms with Crippen LogP contribution in [0.2, 0.25) is 0 Å². The Morgan fingerprint density at radius 3 is 2.47 bits per heavy atom. The standard InChI is InChI=1S/C12H13N3O2/c13-14-12(16)9-17-11-5-3-10(4-6-11)15-7-1-2-8-15/h1-8H,9,13H2,(H,14,16). The minimum atomic E-state index is -0.362. The first-order valence-electron chi connectivity index (χ1n) is 5.15. The second-order valence-electron chi connectivity index (χ2n) is 3.44. The summed E-state index contributed by atoms with van der Waals surface area (Å²) >= 11 is 0. The fourth-order valence-corrected chi connectivity index (χ4v) is 1.41. The fourth-order valence-electron chi connectivity index (χ4n) is 1.41. The second kappa shape index (κ2) is 5.18. The Morgan fingerprint density at radius 2 is 1.88 bits per heavy atom. The van der Waals surface area contributed by atoms with Gasteiger partial charge in [0.15, 0.2) is 6.61 Å². The molecule has 0 aliphatic carbocycles. The highest BCUT2D eigenvalue weighted by atomic mass is 16.5. The predicted molar refractivity (Wildman–Crippen MR) is 63.6 cm³/mol. The molecule has 5 nitrogen and oxygen atoms in total. The number of hydrogen-bond donors (Lipinski definition) is 2. The van der Waals surface area contributed by atoms with E-state index in [9.17, 15) is 4.79 Å². The molecule has 0 saturated heterocycles. The van der Waals surface area contributed by atoms with Crippen molar-refractivity contribution in [2.24, 2.45) is 5.84 Å². The van der Waals surface area contributed by atoms with Gasteiger partial charge in [-0.25, -0.2) is 5.84 Å². The Balaban J connectivity index is 2.01. The van der Waals surface area contributed by atoms with Gasteiger partial charge in [-0.2, -0.15) is 0 Å². The fraction of sp³-hybridized carbons (Fsp3) is 0.0833. The van der Waals surface area contributed by atoms with Crippen molar-refractivity contribution in [1.82, 2.24) is 9.99 Å². The van der Waals surface area contributed by atoms with Gasteiger partial charge in [0.05, 0.1) is 0 Å². The lowest BCUT2D eigenvalue weighted by molar-refractivity contribution is -0.123. The number of rotatable bonds is 4. The van der Waals surface area contributed by atoms with Crippen molar-refractivity contribution >= 4 is 5.91 Å². The number of benzene rings is 1. The molecule has 0 saturated carbocycles. The smallest absolute Gasteiger partial charge is 0.271 e. The highest BCUT2D eigenvalue weighted by Gasteiger charge is 2.00. The molecule has 0 aliphatic rings. The van der Waals surface area contributed by atoms with Gasteiger partial charge >= 0.3 is 0 Å². The van der Waals surface area contributed by atoms with Crippen LogP contribution in [0.5, 0.6) is 5.75 Å². The first kappa shape index (κ1) is 11.2. The number of nitrogens with zero attached hydrogens (tertiary/aromatic N) is 1. The summed E-state index contributed by atoms with van der Waals surface area (Å²) in [4.78, 5) is 10.9. The molecule has 3 N–H and O–H groups in total. The topological polar surface area (TPSA) is 69.3 Å². The van der Waals surface area contributed by atoms with Crippen molar-refractivity contribution < 1.29 is 9.53 Å². The number of hydrogen-bond acceptors (Lipinski definition) is 3. The predicted octanol–water partition coefficient (Wildman–Crippen LogP) is 0.846. The van der Waals surface area contributed by atoms with Crippen molar-refractivity contribution in [2.45, 2.75) is 0 Å². The van der Waals surface area contributed by atoms with Crippen molar-refractivity contribution in [1.29, 1.82) is 0 Å². The van der Waals surface area contributed by atoms with Gasteiger partial charge in [-0.15, -0.1) is 0 Å². The molecule has 1 aromatic heterocycles. The van der Waals surface area contributed by atoms with E-state index >= 15 is 0 Å². The van der Waals surface area contributed by atoms with E-state index in [-0.39, 0.29) is 12.5 Å². The number of hydrazine groups is 1. The zero-order chi connectivity index (χ0) is 12.1. The van der Waals surface area contributed by atoms with Crippen molar-refractivity contribution in [3.05, 3.63) is 48.8 Å². The number of nitrogens with one attached hydrogen (secondary N) is 1. The molecule has 1 heterocycles. The third-order valence-corrected chi connectivity index (χ3v) is 2.27. The Kier molecular flexibility index (Phi) is 3.42. The summed E-state index contributed by atoms with van der Waals surface area (Å²) in [5, 5.41) is 0. The average Bonchev–Trinajstić information content (AvgIpc) is 2.90. The van der Waals surface area contributed by atoms with Crippen LogP contribution >= 0.6 is 0 Å². The molecular formula is C12H13N3O2. The number of carbonyl (C=O) groups is 1. The first-order chi connectivity index (χ1) is 8.29. The Hall–Kier alpha value is -2.27. The molecule has 2 aromatic rings. The molecule has 17 heavy (non-hydrogen) atoms. The maximum atomic E-state index is 10.9. The van der Waals surface area contributed by atoms with E-state index in [4.69, 9.17) is 10.6 Å². The number of aromatic nitrogens is 1. The molecule has 0 aliphatic heterocycles. The second-order valence-corrected chi connectivity index (χ2v) is 3.44. The van der Waals surface area contributed by atoms with E-state index < -0.39 is 0 Å². The van der Waals surface area contributed by atoms with Crippen molar-refractivity contribution in [2.75, 3.05) is 6.61 Å². The molecule has 0 radical (unpaired) electrons. The van der Waals surface area contributed by atoms with Crippen molar-refractivity contribution in [3.63, 3.8) is 0 Å². The van der Waals surface area contributed by atoms with E-state index in [2.05, 4.69) is 0 Å². The van der Waals surface area contributed by atoms with Gasteiger partial charge in [-0.05, 0) is 36.4 Å². The maximum absolute atomic E-state index is 10.9. The summed E-state index contributed by atoms with van der Waals surface area (Å²) in [5.41, 5.74) is 3.03. The lowest BCUT2D eigenvalue weighted by Crippen LogP contribution is -2.34. The molecule has 0 fully saturated rings. The van der Waals surface area contributed by atoms with E-state index in [0.717, 1.165) is 5.69 Å². The van der Waals surface area contributed by atoms with Crippen LogP contribution in [0.3, 0.4) is 0 Å². The van der Waals surface area contributed by atoms with Crippen LogP contribution in [0, 0.1) is 0 Å². The number of ether oxygens (including phenoxy) is 1. The minimum Gasteiger partial charge on any atom is -0.484 e. The lowest BCUT2D eigenvalue weighted by Gasteiger charge is -2.07. The van der Waals surface area contributed by atoms with Gasteiger partial charge in [0.25, 0.3) is 5.91 Å². The van der Waals surface area contributed by atoms with Crippen LogP contribution in [-0.2, 0) is 4.79 Å². The summed E-state index contributed by atoms with van der Waals surface area (Å²) < 4.78 is 7.21. The SMILES string of the molecule is NNC(=O)COc1ccc(-n2cccc2)cc1. The van der Waals surface area contributed by atoms with Gasteiger partial charge in [-0.1, -0.05) is 0 Å². The zero-order valence-electron chi connectivity index (χ0n) is 9.17. The molecule has 0 atom stereocenters. The summed E-state index contributed by atoms with van der Waals surface area (Å²) in [5.74, 6) is 5.21. The minimum absolute atomic E-state index is 0.0840. The Morgan fingerprint density at radius 1 is 1.24 bits per heavy atom. The molecule has 2 rings (SSSR count). The number of nitrogens with two attached hydrogens (primary N) is 1. The quantitative estimate of drug-likeness (QED) is 0.465. The van der Waals surface area contributed by atoms with Gasteiger partial charge in [0, 0.05) is 18.1 Å². The molecule has 5 heteroatoms. The van der Waals surface area contributed by atoms with Gasteiger partial charge in [0.1, 0.15) is 5.75 Å². The molecule has 88 valence electrons. The summed E-state index contributed by atoms with van der Waals surface area (Å²) in [6.45, 7) is -0.0840. The summed E-state index contributed by atoms with van der Waals surface area (Å²) in [6.07, 6.45) is 3.91. The van der Waals surface area contributed by atoms with E-state index in [0.29, 0.717) is 5.75 Å². The monoisotopic (exact) mass is 231 g/mol. The van der Waals surface area contributed by atoms with E-state index in [1.807, 2.05) is 46.7 Å². The molecule has 1 amide bonds. The molecule has 0 bridgehead atoms. The molecule has 0 spiro atoms. The summed E-state index contributed by atoms with van der Waals surface area (Å²) in [6, 6.07) is 11.3. The van der Waals surface area contributed by atoms with Crippen LogP contribution in [0.4, 0.5) is 0 Å². The average molecular weight is 231 g/mol. The number of carbonyl (C=O) groups excluding carboxylic acids is 1. The highest BCUT2D eigenvalue weighted by Crippen LogP contribution is 2.15. The largest absolute Gasteiger partial charge is 0.484 e. The zero-order valence-corrected chi connectivity index (χ0v) is 9.17. The van der Waals surface area contributed by atoms with Gasteiger partial charge < -0.3 is 9.30 Å². The van der Waals surface area contributed by atoms with E-state index in [1.54, 1.807) is 12.1 Å². The maximum Gasteiger partial charge on any atom is 0.271 e. The van der Waals surface area contributed by atoms with Crippen LogP contribution < -0.4 is 16.0 Å². The highest BCUT2D eigenvalue weighted by molar-refractivity contribution is 5.76. The third-order valence-electron chi connectivity index (χ3n) is 2.27. The van der Waals surface area contributed by atoms with Crippen LogP contribution in [0.15, 0.2) is 48.8 Å². The molecule has 1 aromatic carbocycles. The molecule has 0 unspecified atom stereocenters.